The first-order valence-corrected chi connectivity index (χ1v) is 6.95. The van der Waals surface area contributed by atoms with Crippen molar-refractivity contribution in [2.45, 2.75) is 39.2 Å². The van der Waals surface area contributed by atoms with Gasteiger partial charge in [0.1, 0.15) is 5.56 Å². The average molecular weight is 312 g/mol. The highest BCUT2D eigenvalue weighted by atomic mass is 16.3. The summed E-state index contributed by atoms with van der Waals surface area (Å²) in [6.07, 6.45) is 2.88. The van der Waals surface area contributed by atoms with E-state index in [0.29, 0.717) is 13.0 Å². The topological polar surface area (TPSA) is 147 Å². The molecule has 2 amide bonds. The van der Waals surface area contributed by atoms with Crippen LogP contribution in [0.15, 0.2) is 9.59 Å². The van der Waals surface area contributed by atoms with Crippen molar-refractivity contribution in [3.8, 4) is 5.88 Å². The van der Waals surface area contributed by atoms with Crippen LogP contribution in [0.25, 0.3) is 0 Å². The lowest BCUT2D eigenvalue weighted by atomic mass is 10.2. The second-order valence-electron chi connectivity index (χ2n) is 4.87. The smallest absolute Gasteiger partial charge is 0.331 e. The van der Waals surface area contributed by atoms with E-state index in [4.69, 9.17) is 5.73 Å². The van der Waals surface area contributed by atoms with Crippen molar-refractivity contribution in [3.63, 3.8) is 0 Å². The van der Waals surface area contributed by atoms with Gasteiger partial charge in [-0.3, -0.25) is 19.1 Å². The monoisotopic (exact) mass is 312 g/mol. The highest BCUT2D eigenvalue weighted by Crippen LogP contribution is 2.12. The molecule has 1 rings (SSSR count). The van der Waals surface area contributed by atoms with Crippen LogP contribution in [0.5, 0.6) is 5.88 Å². The fraction of sp³-hybridized carbons (Fsp3) is 0.538. The minimum Gasteiger partial charge on any atom is -0.494 e. The zero-order chi connectivity index (χ0) is 16.7. The summed E-state index contributed by atoms with van der Waals surface area (Å²) in [4.78, 5) is 46.9. The van der Waals surface area contributed by atoms with E-state index in [1.165, 1.54) is 0 Å². The fourth-order valence-electron chi connectivity index (χ4n) is 2.04. The van der Waals surface area contributed by atoms with E-state index >= 15 is 0 Å². The van der Waals surface area contributed by atoms with E-state index in [0.717, 1.165) is 30.8 Å². The van der Waals surface area contributed by atoms with Crippen LogP contribution in [0.1, 0.15) is 43.0 Å². The molecule has 0 aliphatic rings. The predicted molar refractivity (Wildman–Crippen MR) is 79.0 cm³/mol. The Morgan fingerprint density at radius 2 is 1.86 bits per heavy atom. The molecule has 0 unspecified atom stereocenters. The number of urea groups is 1. The second kappa shape index (κ2) is 8.01. The molecular weight excluding hydrogens is 292 g/mol. The van der Waals surface area contributed by atoms with Gasteiger partial charge in [-0.2, -0.15) is 0 Å². The van der Waals surface area contributed by atoms with Crippen molar-refractivity contribution < 1.29 is 14.7 Å². The number of H-pyrrole nitrogens is 1. The molecule has 9 nitrogen and oxygen atoms in total. The van der Waals surface area contributed by atoms with Crippen molar-refractivity contribution in [1.82, 2.24) is 14.9 Å². The maximum atomic E-state index is 11.7. The third-order valence-electron chi connectivity index (χ3n) is 3.13. The summed E-state index contributed by atoms with van der Waals surface area (Å²) < 4.78 is 0.972. The summed E-state index contributed by atoms with van der Waals surface area (Å²) in [7, 11) is 0. The van der Waals surface area contributed by atoms with Gasteiger partial charge in [0.25, 0.3) is 5.56 Å². The third kappa shape index (κ3) is 4.76. The summed E-state index contributed by atoms with van der Waals surface area (Å²) in [6.45, 7) is 1.81. The van der Waals surface area contributed by atoms with Crippen LogP contribution in [-0.4, -0.2) is 33.0 Å². The lowest BCUT2D eigenvalue weighted by Gasteiger charge is -2.09. The van der Waals surface area contributed by atoms with E-state index in [1.54, 1.807) is 0 Å². The molecule has 0 aromatic carbocycles. The number of aromatic hydroxyl groups is 1. The van der Waals surface area contributed by atoms with Gasteiger partial charge in [-0.05, 0) is 19.8 Å². The molecule has 0 aliphatic heterocycles. The number of nitrogens with two attached hydrogens (primary N) is 1. The summed E-state index contributed by atoms with van der Waals surface area (Å²) >= 11 is 0. The maximum Gasteiger partial charge on any atom is 0.331 e. The molecule has 5 N–H and O–H groups in total. The fourth-order valence-corrected chi connectivity index (χ4v) is 2.04. The van der Waals surface area contributed by atoms with Crippen LogP contribution in [0.4, 0.5) is 4.79 Å². The Kier molecular flexibility index (Phi) is 6.36. The minimum absolute atomic E-state index is 0.185. The molecule has 0 fully saturated rings. The van der Waals surface area contributed by atoms with Gasteiger partial charge < -0.3 is 16.2 Å². The number of carbonyl (C=O) groups is 2. The Balaban J connectivity index is 2.58. The molecule has 1 aromatic rings. The molecule has 122 valence electrons. The number of primary amides is 1. The van der Waals surface area contributed by atoms with Crippen molar-refractivity contribution in [2.75, 3.05) is 6.54 Å². The Morgan fingerprint density at radius 1 is 1.23 bits per heavy atom. The van der Waals surface area contributed by atoms with Crippen molar-refractivity contribution in [3.05, 3.63) is 26.4 Å². The predicted octanol–water partition coefficient (Wildman–Crippen LogP) is -0.326. The molecule has 0 spiro atoms. The van der Waals surface area contributed by atoms with Gasteiger partial charge in [-0.25, -0.2) is 9.59 Å². The molecule has 0 atom stereocenters. The Hall–Kier alpha value is -2.58. The van der Waals surface area contributed by atoms with Crippen molar-refractivity contribution >= 4 is 11.8 Å². The number of amides is 2. The lowest BCUT2D eigenvalue weighted by Crippen LogP contribution is -2.33. The maximum absolute atomic E-state index is 11.7. The van der Waals surface area contributed by atoms with Crippen LogP contribution < -0.4 is 22.3 Å². The Bertz CT molecular complexity index is 661. The van der Waals surface area contributed by atoms with Gasteiger partial charge in [-0.1, -0.05) is 12.8 Å². The molecule has 1 aromatic heterocycles. The first-order valence-electron chi connectivity index (χ1n) is 6.95. The van der Waals surface area contributed by atoms with E-state index in [2.05, 4.69) is 5.32 Å². The number of hydrogen-bond donors (Lipinski definition) is 4. The van der Waals surface area contributed by atoms with E-state index in [-0.39, 0.29) is 6.54 Å². The zero-order valence-corrected chi connectivity index (χ0v) is 12.3. The molecule has 0 saturated carbocycles. The highest BCUT2D eigenvalue weighted by molar-refractivity contribution is 5.95. The Labute approximate surface area is 126 Å². The minimum atomic E-state index is -0.885. The van der Waals surface area contributed by atoms with E-state index in [1.807, 2.05) is 4.98 Å². The number of Topliss-reactive ketones (excluding diaryl/α,β-unsaturated/α-hetero) is 1. The van der Waals surface area contributed by atoms with Crippen molar-refractivity contribution in [1.29, 1.82) is 0 Å². The van der Waals surface area contributed by atoms with Crippen LogP contribution in [-0.2, 0) is 6.54 Å². The first kappa shape index (κ1) is 17.5. The molecule has 0 radical (unpaired) electrons. The van der Waals surface area contributed by atoms with Gasteiger partial charge in [0.05, 0.1) is 0 Å². The molecule has 0 saturated heterocycles. The summed E-state index contributed by atoms with van der Waals surface area (Å²) in [5.41, 5.74) is 2.88. The number of aromatic nitrogens is 2. The number of ketones is 1. The largest absolute Gasteiger partial charge is 0.494 e. The number of unbranched alkanes of at least 4 members (excludes halogenated alkanes) is 3. The number of rotatable bonds is 8. The first-order chi connectivity index (χ1) is 10.3. The van der Waals surface area contributed by atoms with Gasteiger partial charge >= 0.3 is 11.7 Å². The van der Waals surface area contributed by atoms with Gasteiger partial charge in [0.15, 0.2) is 5.78 Å². The van der Waals surface area contributed by atoms with Crippen LogP contribution >= 0.6 is 0 Å². The lowest BCUT2D eigenvalue weighted by molar-refractivity contribution is 0.101. The van der Waals surface area contributed by atoms with E-state index in [9.17, 15) is 24.3 Å². The second-order valence-corrected chi connectivity index (χ2v) is 4.87. The molecule has 0 aliphatic carbocycles. The average Bonchev–Trinajstić information content (AvgIpc) is 2.39. The number of nitrogens with zero attached hydrogens (tertiary/aromatic N) is 1. The molecule has 9 heteroatoms. The van der Waals surface area contributed by atoms with Gasteiger partial charge in [-0.15, -0.1) is 0 Å². The van der Waals surface area contributed by atoms with Crippen LogP contribution in [0.3, 0.4) is 0 Å². The SMILES string of the molecule is CC(=O)c1c(O)n(CCCCCCNC(N)=O)c(=O)[nH]c1=O. The normalized spacial score (nSPS) is 10.4. The van der Waals surface area contributed by atoms with Crippen LogP contribution in [0.2, 0.25) is 0 Å². The molecule has 22 heavy (non-hydrogen) atoms. The van der Waals surface area contributed by atoms with E-state index < -0.39 is 34.5 Å². The number of aromatic amines is 1. The van der Waals surface area contributed by atoms with Crippen molar-refractivity contribution in [2.24, 2.45) is 5.73 Å². The Morgan fingerprint density at radius 3 is 2.45 bits per heavy atom. The standard InChI is InChI=1S/C13H20N4O5/c1-8(18)9-10(19)16-13(22)17(11(9)20)7-5-3-2-4-6-15-12(14)21/h20H,2-7H2,1H3,(H3,14,15,21)(H,16,19,22). The molecule has 1 heterocycles. The summed E-state index contributed by atoms with van der Waals surface area (Å²) in [5, 5.41) is 12.3. The summed E-state index contributed by atoms with van der Waals surface area (Å²) in [6, 6.07) is -0.568. The van der Waals surface area contributed by atoms with Gasteiger partial charge in [0, 0.05) is 13.1 Å². The molecular formula is C13H20N4O5. The molecule has 0 bridgehead atoms. The zero-order valence-electron chi connectivity index (χ0n) is 12.3. The quantitative estimate of drug-likeness (QED) is 0.383. The third-order valence-corrected chi connectivity index (χ3v) is 3.13. The number of nitrogens with one attached hydrogen (secondary N) is 2. The summed E-state index contributed by atoms with van der Waals surface area (Å²) in [5.74, 6) is -1.21. The van der Waals surface area contributed by atoms with Crippen LogP contribution in [0, 0.1) is 0 Å². The number of hydrogen-bond acceptors (Lipinski definition) is 5. The highest BCUT2D eigenvalue weighted by Gasteiger charge is 2.17. The van der Waals surface area contributed by atoms with Gasteiger partial charge in [0.2, 0.25) is 5.88 Å². The number of carbonyl (C=O) groups excluding carboxylic acids is 2.